The molecule has 0 saturated carbocycles. The number of fused-ring (bicyclic) bond motifs is 3. The number of nitrogens with one attached hydrogen (secondary N) is 1. The maximum atomic E-state index is 10.6. The molecule has 0 fully saturated rings. The summed E-state index contributed by atoms with van der Waals surface area (Å²) in [4.78, 5) is 0. The van der Waals surface area contributed by atoms with Gasteiger partial charge in [-0.05, 0) is 30.0 Å². The average Bonchev–Trinajstić information content (AvgIpc) is 3.08. The molecule has 3 atom stereocenters. The first-order chi connectivity index (χ1) is 11.6. The number of anilines is 1. The van der Waals surface area contributed by atoms with Crippen LogP contribution in [0.3, 0.4) is 0 Å². The smallest absolute Gasteiger partial charge is 0.163 e. The summed E-state index contributed by atoms with van der Waals surface area (Å²) in [6.45, 7) is 0. The minimum Gasteiger partial charge on any atom is -0.504 e. The zero-order chi connectivity index (χ0) is 16.8. The van der Waals surface area contributed by atoms with Crippen LogP contribution in [0.2, 0.25) is 10.0 Å². The number of para-hydroxylation sites is 1. The third-order valence-corrected chi connectivity index (χ3v) is 5.82. The van der Waals surface area contributed by atoms with Gasteiger partial charge in [0, 0.05) is 11.5 Å². The standard InChI is InChI=1S/C19H17Cl2NO2/c1-24-15-7-3-6-13(19(15)23)17-11-5-2-4-10(11)12-8-9-14(20)16(21)18(12)22-17/h2-4,6-11,17,22-23H,5H2,1H3. The third kappa shape index (κ3) is 2.27. The van der Waals surface area contributed by atoms with Crippen LogP contribution in [-0.4, -0.2) is 12.2 Å². The van der Waals surface area contributed by atoms with Gasteiger partial charge in [0.15, 0.2) is 11.5 Å². The normalized spacial score (nSPS) is 24.2. The quantitative estimate of drug-likeness (QED) is 0.690. The molecule has 3 nitrogen and oxygen atoms in total. The Hall–Kier alpha value is -1.84. The van der Waals surface area contributed by atoms with Crippen molar-refractivity contribution in [2.45, 2.75) is 18.4 Å². The number of aromatic hydroxyl groups is 1. The molecular formula is C19H17Cl2NO2. The molecule has 0 bridgehead atoms. The van der Waals surface area contributed by atoms with Crippen LogP contribution in [-0.2, 0) is 0 Å². The van der Waals surface area contributed by atoms with Crippen LogP contribution in [0.4, 0.5) is 5.69 Å². The molecule has 4 rings (SSSR count). The molecular weight excluding hydrogens is 345 g/mol. The Balaban J connectivity index is 1.85. The number of hydrogen-bond donors (Lipinski definition) is 2. The lowest BCUT2D eigenvalue weighted by Crippen LogP contribution is -2.29. The first-order valence-electron chi connectivity index (χ1n) is 7.88. The van der Waals surface area contributed by atoms with Gasteiger partial charge in [-0.25, -0.2) is 0 Å². The van der Waals surface area contributed by atoms with Crippen molar-refractivity contribution in [1.29, 1.82) is 0 Å². The number of phenols is 1. The molecule has 0 spiro atoms. The SMILES string of the molecule is COc1cccc(C2Nc3c(ccc(Cl)c3Cl)C3C=CCC32)c1O. The van der Waals surface area contributed by atoms with Crippen LogP contribution < -0.4 is 10.1 Å². The van der Waals surface area contributed by atoms with Gasteiger partial charge in [-0.1, -0.05) is 53.6 Å². The van der Waals surface area contributed by atoms with Gasteiger partial charge in [0.05, 0.1) is 28.9 Å². The molecule has 2 aromatic carbocycles. The number of allylic oxidation sites excluding steroid dienone is 2. The Kier molecular flexibility index (Phi) is 3.86. The van der Waals surface area contributed by atoms with E-state index >= 15 is 0 Å². The number of phenolic OH excluding ortho intramolecular Hbond substituents is 1. The summed E-state index contributed by atoms with van der Waals surface area (Å²) in [5, 5.41) is 15.2. The number of benzene rings is 2. The highest BCUT2D eigenvalue weighted by Gasteiger charge is 2.40. The lowest BCUT2D eigenvalue weighted by atomic mass is 9.77. The topological polar surface area (TPSA) is 41.5 Å². The monoisotopic (exact) mass is 361 g/mol. The molecule has 0 radical (unpaired) electrons. The number of ether oxygens (including phenoxy) is 1. The maximum absolute atomic E-state index is 10.6. The van der Waals surface area contributed by atoms with Gasteiger partial charge in [-0.2, -0.15) is 0 Å². The van der Waals surface area contributed by atoms with E-state index in [4.69, 9.17) is 27.9 Å². The summed E-state index contributed by atoms with van der Waals surface area (Å²) in [5.41, 5.74) is 2.82. The van der Waals surface area contributed by atoms with Gasteiger partial charge in [-0.15, -0.1) is 0 Å². The molecule has 5 heteroatoms. The van der Waals surface area contributed by atoms with E-state index < -0.39 is 0 Å². The van der Waals surface area contributed by atoms with Crippen molar-refractivity contribution in [2.75, 3.05) is 12.4 Å². The molecule has 124 valence electrons. The third-order valence-electron chi connectivity index (χ3n) is 5.01. The maximum Gasteiger partial charge on any atom is 0.163 e. The highest BCUT2D eigenvalue weighted by molar-refractivity contribution is 6.43. The van der Waals surface area contributed by atoms with E-state index in [1.807, 2.05) is 24.3 Å². The van der Waals surface area contributed by atoms with Crippen LogP contribution in [0.25, 0.3) is 0 Å². The summed E-state index contributed by atoms with van der Waals surface area (Å²) >= 11 is 12.6. The van der Waals surface area contributed by atoms with Crippen molar-refractivity contribution in [3.8, 4) is 11.5 Å². The fourth-order valence-corrected chi connectivity index (χ4v) is 4.25. The highest BCUT2D eigenvalue weighted by Crippen LogP contribution is 2.54. The Morgan fingerprint density at radius 1 is 1.17 bits per heavy atom. The molecule has 0 saturated heterocycles. The molecule has 1 heterocycles. The van der Waals surface area contributed by atoms with Crippen LogP contribution >= 0.6 is 23.2 Å². The van der Waals surface area contributed by atoms with Gasteiger partial charge >= 0.3 is 0 Å². The first-order valence-corrected chi connectivity index (χ1v) is 8.64. The summed E-state index contributed by atoms with van der Waals surface area (Å²) < 4.78 is 5.26. The Morgan fingerprint density at radius 3 is 2.79 bits per heavy atom. The largest absolute Gasteiger partial charge is 0.504 e. The summed E-state index contributed by atoms with van der Waals surface area (Å²) in [6, 6.07) is 9.38. The molecule has 2 N–H and O–H groups in total. The van der Waals surface area contributed by atoms with Gasteiger partial charge in [0.2, 0.25) is 0 Å². The molecule has 0 aromatic heterocycles. The van der Waals surface area contributed by atoms with E-state index in [0.717, 1.165) is 23.2 Å². The van der Waals surface area contributed by atoms with Gasteiger partial charge in [0.1, 0.15) is 0 Å². The van der Waals surface area contributed by atoms with Crippen molar-refractivity contribution >= 4 is 28.9 Å². The fraction of sp³-hybridized carbons (Fsp3) is 0.263. The molecule has 2 aromatic rings. The van der Waals surface area contributed by atoms with E-state index in [-0.39, 0.29) is 17.7 Å². The lowest BCUT2D eigenvalue weighted by molar-refractivity contribution is 0.358. The predicted octanol–water partition coefficient (Wildman–Crippen LogP) is 5.53. The van der Waals surface area contributed by atoms with Crippen LogP contribution in [0, 0.1) is 5.92 Å². The molecule has 3 unspecified atom stereocenters. The zero-order valence-electron chi connectivity index (χ0n) is 13.1. The second-order valence-corrected chi connectivity index (χ2v) is 6.98. The molecule has 1 aliphatic carbocycles. The zero-order valence-corrected chi connectivity index (χ0v) is 14.6. The van der Waals surface area contributed by atoms with Crippen LogP contribution in [0.1, 0.15) is 29.5 Å². The average molecular weight is 362 g/mol. The molecule has 2 aliphatic rings. The van der Waals surface area contributed by atoms with Crippen molar-refractivity contribution in [3.05, 3.63) is 63.7 Å². The number of halogens is 2. The summed E-state index contributed by atoms with van der Waals surface area (Å²) in [7, 11) is 1.55. The lowest BCUT2D eigenvalue weighted by Gasteiger charge is -2.38. The number of methoxy groups -OCH3 is 1. The molecule has 1 aliphatic heterocycles. The van der Waals surface area contributed by atoms with E-state index in [9.17, 15) is 5.11 Å². The van der Waals surface area contributed by atoms with E-state index in [1.165, 1.54) is 0 Å². The first kappa shape index (κ1) is 15.7. The summed E-state index contributed by atoms with van der Waals surface area (Å²) in [5.74, 6) is 1.21. The minimum atomic E-state index is -0.0661. The van der Waals surface area contributed by atoms with E-state index in [2.05, 4.69) is 17.5 Å². The molecule has 24 heavy (non-hydrogen) atoms. The Bertz CT molecular complexity index is 834. The molecule has 0 amide bonds. The fourth-order valence-electron chi connectivity index (χ4n) is 3.87. The van der Waals surface area contributed by atoms with Crippen LogP contribution in [0.15, 0.2) is 42.5 Å². The number of rotatable bonds is 2. The Morgan fingerprint density at radius 2 is 2.00 bits per heavy atom. The van der Waals surface area contributed by atoms with Crippen molar-refractivity contribution in [3.63, 3.8) is 0 Å². The summed E-state index contributed by atoms with van der Waals surface area (Å²) in [6.07, 6.45) is 5.36. The van der Waals surface area contributed by atoms with Gasteiger partial charge in [-0.3, -0.25) is 0 Å². The van der Waals surface area contributed by atoms with Gasteiger partial charge < -0.3 is 15.2 Å². The Labute approximate surface area is 150 Å². The predicted molar refractivity (Wildman–Crippen MR) is 97.5 cm³/mol. The van der Waals surface area contributed by atoms with Gasteiger partial charge in [0.25, 0.3) is 0 Å². The van der Waals surface area contributed by atoms with E-state index in [0.29, 0.717) is 21.7 Å². The highest BCUT2D eigenvalue weighted by atomic mass is 35.5. The second kappa shape index (κ2) is 5.91. The minimum absolute atomic E-state index is 0.0661. The van der Waals surface area contributed by atoms with E-state index in [1.54, 1.807) is 13.2 Å². The van der Waals surface area contributed by atoms with Crippen molar-refractivity contribution in [1.82, 2.24) is 0 Å². The number of hydrogen-bond acceptors (Lipinski definition) is 3. The van der Waals surface area contributed by atoms with Crippen molar-refractivity contribution in [2.24, 2.45) is 5.92 Å². The van der Waals surface area contributed by atoms with Crippen molar-refractivity contribution < 1.29 is 9.84 Å². The van der Waals surface area contributed by atoms with Crippen LogP contribution in [0.5, 0.6) is 11.5 Å². The second-order valence-electron chi connectivity index (χ2n) is 6.20.